The van der Waals surface area contributed by atoms with Crippen LogP contribution in [0.25, 0.3) is 0 Å². The van der Waals surface area contributed by atoms with E-state index in [1.807, 2.05) is 6.07 Å². The van der Waals surface area contributed by atoms with Crippen molar-refractivity contribution in [2.75, 3.05) is 6.54 Å². The van der Waals surface area contributed by atoms with Gasteiger partial charge in [-0.15, -0.1) is 0 Å². The van der Waals surface area contributed by atoms with Crippen LogP contribution in [-0.2, 0) is 19.1 Å². The van der Waals surface area contributed by atoms with Crippen LogP contribution in [0.3, 0.4) is 0 Å². The molecule has 2 atom stereocenters. The molecule has 1 heterocycles. The molecule has 5 aliphatic rings. The first-order valence-electron chi connectivity index (χ1n) is 11.3. The third-order valence-corrected chi connectivity index (χ3v) is 7.87. The second-order valence-electron chi connectivity index (χ2n) is 9.98. The van der Waals surface area contributed by atoms with E-state index in [-0.39, 0.29) is 11.3 Å². The molecule has 160 valence electrons. The molecule has 1 aromatic carbocycles. The van der Waals surface area contributed by atoms with Crippen molar-refractivity contribution in [2.45, 2.75) is 63.5 Å². The number of nitrogens with zero attached hydrogens (tertiary/aromatic N) is 1. The number of hydrogen-bond donors (Lipinski definition) is 1. The molecule has 4 aliphatic carbocycles. The number of carbonyl (C=O) groups is 3. The highest BCUT2D eigenvalue weighted by molar-refractivity contribution is 5.90. The molecule has 5 fully saturated rings. The summed E-state index contributed by atoms with van der Waals surface area (Å²) in [7, 11) is 0. The van der Waals surface area contributed by atoms with Crippen molar-refractivity contribution < 1.29 is 19.1 Å². The van der Waals surface area contributed by atoms with E-state index < -0.39 is 24.0 Å². The zero-order valence-corrected chi connectivity index (χ0v) is 17.3. The fraction of sp³-hybridized carbons (Fsp3) is 0.625. The lowest BCUT2D eigenvalue weighted by atomic mass is 9.49. The van der Waals surface area contributed by atoms with Crippen LogP contribution in [-0.4, -0.2) is 35.3 Å². The van der Waals surface area contributed by atoms with Gasteiger partial charge in [0.1, 0.15) is 6.04 Å². The third-order valence-electron chi connectivity index (χ3n) is 7.87. The monoisotopic (exact) mass is 410 g/mol. The highest BCUT2D eigenvalue weighted by Gasteiger charge is 2.57. The number of hydrogen-bond acceptors (Lipinski definition) is 4. The van der Waals surface area contributed by atoms with Gasteiger partial charge >= 0.3 is 5.97 Å². The number of primary amides is 1. The van der Waals surface area contributed by atoms with Crippen LogP contribution in [0.5, 0.6) is 0 Å². The number of amides is 2. The largest absolute Gasteiger partial charge is 0.446 e. The number of likely N-dealkylation sites (tertiary alicyclic amines) is 1. The second kappa shape index (κ2) is 7.40. The molecule has 1 aromatic rings. The maximum atomic E-state index is 13.7. The Balaban J connectivity index is 1.33. The molecule has 4 bridgehead atoms. The van der Waals surface area contributed by atoms with Crippen LogP contribution in [0, 0.1) is 23.2 Å². The minimum absolute atomic E-state index is 0.149. The van der Waals surface area contributed by atoms with Crippen LogP contribution in [0.4, 0.5) is 0 Å². The van der Waals surface area contributed by atoms with Gasteiger partial charge in [0.2, 0.25) is 12.0 Å². The summed E-state index contributed by atoms with van der Waals surface area (Å²) in [6, 6.07) is 8.20. The lowest BCUT2D eigenvalue weighted by Crippen LogP contribution is -2.56. The summed E-state index contributed by atoms with van der Waals surface area (Å²) < 4.78 is 5.57. The van der Waals surface area contributed by atoms with Gasteiger partial charge in [-0.05, 0) is 69.1 Å². The fourth-order valence-corrected chi connectivity index (χ4v) is 7.04. The molecular formula is C24H30N2O4. The van der Waals surface area contributed by atoms with Gasteiger partial charge in [-0.1, -0.05) is 30.3 Å². The minimum Gasteiger partial charge on any atom is -0.446 e. The van der Waals surface area contributed by atoms with Crippen LogP contribution in [0.15, 0.2) is 30.3 Å². The van der Waals surface area contributed by atoms with E-state index >= 15 is 0 Å². The highest BCUT2D eigenvalue weighted by atomic mass is 16.5. The number of nitrogens with two attached hydrogens (primary N) is 1. The fourth-order valence-electron chi connectivity index (χ4n) is 7.04. The molecule has 6 heteroatoms. The first kappa shape index (κ1) is 19.6. The summed E-state index contributed by atoms with van der Waals surface area (Å²) in [4.78, 5) is 40.5. The molecule has 6 rings (SSSR count). The van der Waals surface area contributed by atoms with Crippen molar-refractivity contribution in [3.05, 3.63) is 35.9 Å². The molecule has 30 heavy (non-hydrogen) atoms. The summed E-state index contributed by atoms with van der Waals surface area (Å²) >= 11 is 0. The van der Waals surface area contributed by atoms with Crippen LogP contribution in [0.2, 0.25) is 0 Å². The molecule has 4 saturated carbocycles. The Labute approximate surface area is 177 Å². The van der Waals surface area contributed by atoms with Gasteiger partial charge in [-0.3, -0.25) is 9.59 Å². The van der Waals surface area contributed by atoms with Gasteiger partial charge in [0.15, 0.2) is 0 Å². The van der Waals surface area contributed by atoms with Crippen LogP contribution < -0.4 is 5.73 Å². The average Bonchev–Trinajstić information content (AvgIpc) is 3.20. The summed E-state index contributed by atoms with van der Waals surface area (Å²) in [5.41, 5.74) is 5.79. The normalized spacial score (nSPS) is 35.3. The van der Waals surface area contributed by atoms with E-state index in [1.54, 1.807) is 29.2 Å². The van der Waals surface area contributed by atoms with Crippen molar-refractivity contribution in [2.24, 2.45) is 28.9 Å². The Bertz CT molecular complexity index is 817. The van der Waals surface area contributed by atoms with Gasteiger partial charge < -0.3 is 15.4 Å². The lowest BCUT2D eigenvalue weighted by Gasteiger charge is -2.56. The predicted molar refractivity (Wildman–Crippen MR) is 110 cm³/mol. The number of benzene rings is 1. The van der Waals surface area contributed by atoms with Crippen molar-refractivity contribution in [3.63, 3.8) is 0 Å². The first-order valence-corrected chi connectivity index (χ1v) is 11.3. The van der Waals surface area contributed by atoms with Gasteiger partial charge in [-0.2, -0.15) is 0 Å². The summed E-state index contributed by atoms with van der Waals surface area (Å²) in [6.45, 7) is 0.590. The molecule has 0 aromatic heterocycles. The zero-order chi connectivity index (χ0) is 20.9. The first-order chi connectivity index (χ1) is 14.4. The number of rotatable bonds is 5. The highest BCUT2D eigenvalue weighted by Crippen LogP contribution is 2.60. The Kier molecular flexibility index (Phi) is 4.83. The molecule has 1 saturated heterocycles. The Morgan fingerprint density at radius 2 is 1.60 bits per heavy atom. The van der Waals surface area contributed by atoms with Crippen molar-refractivity contribution in [1.82, 2.24) is 4.90 Å². The standard InChI is InChI=1S/C24H30N2O4/c25-21(27)20(18-5-2-1-3-6-18)30-22(28)19-7-4-8-26(19)23(29)24-12-15-9-16(13-24)11-17(10-15)14-24/h1-3,5-6,15-17,19-20H,4,7-14H2,(H2,25,27). The van der Waals surface area contributed by atoms with Gasteiger partial charge in [0.05, 0.1) is 5.41 Å². The van der Waals surface area contributed by atoms with Crippen molar-refractivity contribution in [3.8, 4) is 0 Å². The van der Waals surface area contributed by atoms with E-state index in [2.05, 4.69) is 0 Å². The van der Waals surface area contributed by atoms with Crippen molar-refractivity contribution >= 4 is 17.8 Å². The number of carbonyl (C=O) groups excluding carboxylic acids is 3. The number of ether oxygens (including phenoxy) is 1. The Morgan fingerprint density at radius 1 is 1.00 bits per heavy atom. The molecule has 2 N–H and O–H groups in total. The lowest BCUT2D eigenvalue weighted by molar-refractivity contribution is -0.169. The molecular weight excluding hydrogens is 380 g/mol. The van der Waals surface area contributed by atoms with Gasteiger partial charge in [0, 0.05) is 12.1 Å². The van der Waals surface area contributed by atoms with Crippen LogP contribution >= 0.6 is 0 Å². The minimum atomic E-state index is -1.13. The van der Waals surface area contributed by atoms with E-state index in [0.29, 0.717) is 36.3 Å². The average molecular weight is 411 g/mol. The summed E-state index contributed by atoms with van der Waals surface area (Å²) in [6.07, 6.45) is 6.98. The van der Waals surface area contributed by atoms with Gasteiger partial charge in [0.25, 0.3) is 5.91 Å². The van der Waals surface area contributed by atoms with E-state index in [1.165, 1.54) is 19.3 Å². The Hall–Kier alpha value is -2.37. The van der Waals surface area contributed by atoms with E-state index in [0.717, 1.165) is 25.7 Å². The second-order valence-corrected chi connectivity index (χ2v) is 9.98. The third kappa shape index (κ3) is 3.30. The molecule has 0 radical (unpaired) electrons. The topological polar surface area (TPSA) is 89.7 Å². The molecule has 2 unspecified atom stereocenters. The molecule has 0 spiro atoms. The maximum Gasteiger partial charge on any atom is 0.329 e. The quantitative estimate of drug-likeness (QED) is 0.756. The smallest absolute Gasteiger partial charge is 0.329 e. The van der Waals surface area contributed by atoms with Gasteiger partial charge in [-0.25, -0.2) is 4.79 Å². The summed E-state index contributed by atoms with van der Waals surface area (Å²) in [5.74, 6) is 0.947. The molecule has 2 amide bonds. The van der Waals surface area contributed by atoms with E-state index in [9.17, 15) is 14.4 Å². The predicted octanol–water partition coefficient (Wildman–Crippen LogP) is 2.96. The number of esters is 1. The zero-order valence-electron chi connectivity index (χ0n) is 17.3. The van der Waals surface area contributed by atoms with E-state index in [4.69, 9.17) is 10.5 Å². The van der Waals surface area contributed by atoms with Crippen LogP contribution in [0.1, 0.15) is 63.0 Å². The maximum absolute atomic E-state index is 13.7. The SMILES string of the molecule is NC(=O)C(OC(=O)C1CCCN1C(=O)C12CC3CC(CC(C3)C1)C2)c1ccccc1. The van der Waals surface area contributed by atoms with Crippen molar-refractivity contribution in [1.29, 1.82) is 0 Å². The molecule has 6 nitrogen and oxygen atoms in total. The summed E-state index contributed by atoms with van der Waals surface area (Å²) in [5, 5.41) is 0. The molecule has 1 aliphatic heterocycles. The Morgan fingerprint density at radius 3 is 2.17 bits per heavy atom.